The van der Waals surface area contributed by atoms with E-state index in [1.807, 2.05) is 17.5 Å². The molecule has 7 heteroatoms. The van der Waals surface area contributed by atoms with E-state index in [0.29, 0.717) is 17.2 Å². The molecule has 1 aliphatic heterocycles. The van der Waals surface area contributed by atoms with Crippen molar-refractivity contribution in [1.29, 1.82) is 0 Å². The lowest BCUT2D eigenvalue weighted by molar-refractivity contribution is 0.171. The number of allylic oxidation sites excluding steroid dienone is 3. The Kier molecular flexibility index (Phi) is 4.24. The van der Waals surface area contributed by atoms with Gasteiger partial charge in [-0.2, -0.15) is 4.37 Å². The maximum absolute atomic E-state index is 10.6. The Morgan fingerprint density at radius 2 is 2.08 bits per heavy atom. The molecular weight excluding hydrogens is 354 g/mol. The van der Waals surface area contributed by atoms with Crippen molar-refractivity contribution in [3.63, 3.8) is 0 Å². The van der Waals surface area contributed by atoms with Gasteiger partial charge >= 0.3 is 0 Å². The lowest BCUT2D eigenvalue weighted by Gasteiger charge is -2.23. The average molecular weight is 373 g/mol. The molecule has 1 aromatic carbocycles. The lowest BCUT2D eigenvalue weighted by Crippen LogP contribution is -2.10. The van der Waals surface area contributed by atoms with Crippen LogP contribution in [0.25, 0.3) is 16.8 Å². The summed E-state index contributed by atoms with van der Waals surface area (Å²) < 4.78 is 26.3. The van der Waals surface area contributed by atoms with Gasteiger partial charge in [0.2, 0.25) is 12.5 Å². The third-order valence-electron chi connectivity index (χ3n) is 4.63. The van der Waals surface area contributed by atoms with E-state index in [-0.39, 0.29) is 18.5 Å². The predicted octanol–water partition coefficient (Wildman–Crippen LogP) is 4.39. The van der Waals surface area contributed by atoms with Gasteiger partial charge in [0.15, 0.2) is 11.5 Å². The van der Waals surface area contributed by atoms with Crippen LogP contribution in [-0.4, -0.2) is 30.5 Å². The lowest BCUT2D eigenvalue weighted by atomic mass is 9.85. The number of methoxy groups -OCH3 is 2. The minimum atomic E-state index is 0.112. The van der Waals surface area contributed by atoms with Crippen molar-refractivity contribution >= 4 is 17.1 Å². The van der Waals surface area contributed by atoms with Crippen molar-refractivity contribution in [3.05, 3.63) is 40.7 Å². The normalized spacial score (nSPS) is 18.7. The van der Waals surface area contributed by atoms with Crippen LogP contribution in [-0.2, 0) is 4.74 Å². The van der Waals surface area contributed by atoms with Crippen LogP contribution in [0.5, 0.6) is 17.2 Å². The molecule has 0 bridgehead atoms. The number of hydrogen-bond acceptors (Lipinski definition) is 7. The molecule has 1 N–H and O–H groups in total. The van der Waals surface area contributed by atoms with Gasteiger partial charge in [-0.3, -0.25) is 0 Å². The van der Waals surface area contributed by atoms with Crippen LogP contribution in [0.3, 0.4) is 0 Å². The van der Waals surface area contributed by atoms with Gasteiger partial charge in [0.05, 0.1) is 25.7 Å². The molecule has 0 radical (unpaired) electrons. The highest BCUT2D eigenvalue weighted by Crippen LogP contribution is 2.46. The highest BCUT2D eigenvalue weighted by molar-refractivity contribution is 7.04. The first-order valence-corrected chi connectivity index (χ1v) is 9.06. The number of fused-ring (bicyclic) bond motifs is 1. The largest absolute Gasteiger partial charge is 0.508 e. The highest BCUT2D eigenvalue weighted by Gasteiger charge is 2.28. The number of hydrogen-bond donors (Lipinski definition) is 1. The second-order valence-corrected chi connectivity index (χ2v) is 6.84. The first-order valence-electron chi connectivity index (χ1n) is 8.22. The monoisotopic (exact) mass is 373 g/mol. The number of aliphatic hydroxyl groups is 1. The maximum atomic E-state index is 10.6. The van der Waals surface area contributed by atoms with Crippen LogP contribution >= 0.6 is 11.5 Å². The van der Waals surface area contributed by atoms with E-state index in [9.17, 15) is 5.11 Å². The Labute approximate surface area is 155 Å². The standard InChI is InChI=1S/C19H19NO5S/c1-10-4-12(22-2)7-14(21)17(10)13-8-26-20-18(13)11-5-15(23-3)19-16(6-11)24-9-25-19/h5-8,10,21H,4,9H2,1-3H3. The molecule has 2 aliphatic rings. The molecule has 1 atom stereocenters. The first kappa shape index (κ1) is 16.8. The number of aliphatic hydroxyl groups excluding tert-OH is 1. The molecule has 0 saturated carbocycles. The van der Waals surface area contributed by atoms with Crippen molar-refractivity contribution in [2.24, 2.45) is 5.92 Å². The molecule has 6 nitrogen and oxygen atoms in total. The summed E-state index contributed by atoms with van der Waals surface area (Å²) in [6.07, 6.45) is 2.41. The third kappa shape index (κ3) is 2.68. The van der Waals surface area contributed by atoms with E-state index < -0.39 is 0 Å². The summed E-state index contributed by atoms with van der Waals surface area (Å²) in [7, 11) is 3.21. The summed E-state index contributed by atoms with van der Waals surface area (Å²) in [4.78, 5) is 0. The number of ether oxygens (including phenoxy) is 4. The van der Waals surface area contributed by atoms with E-state index >= 15 is 0 Å². The Morgan fingerprint density at radius 1 is 1.23 bits per heavy atom. The Balaban J connectivity index is 1.83. The minimum Gasteiger partial charge on any atom is -0.508 e. The van der Waals surface area contributed by atoms with E-state index in [1.165, 1.54) is 11.5 Å². The summed E-state index contributed by atoms with van der Waals surface area (Å²) >= 11 is 1.35. The van der Waals surface area contributed by atoms with Gasteiger partial charge in [0.25, 0.3) is 0 Å². The first-order chi connectivity index (χ1) is 12.6. The average Bonchev–Trinajstić information content (AvgIpc) is 3.29. The summed E-state index contributed by atoms with van der Waals surface area (Å²) in [5.41, 5.74) is 3.42. The van der Waals surface area contributed by atoms with Gasteiger partial charge in [-0.1, -0.05) is 6.92 Å². The fourth-order valence-corrected chi connectivity index (χ4v) is 4.10. The SMILES string of the molecule is COC1=CC(O)=C(c2csnc2-c2cc(OC)c3c(c2)OCO3)C(C)C1. The van der Waals surface area contributed by atoms with Gasteiger partial charge in [-0.05, 0) is 29.6 Å². The number of nitrogens with zero attached hydrogens (tertiary/aromatic N) is 1. The second-order valence-electron chi connectivity index (χ2n) is 6.21. The van der Waals surface area contributed by atoms with E-state index in [1.54, 1.807) is 20.3 Å². The zero-order chi connectivity index (χ0) is 18.3. The molecular formula is C19H19NO5S. The van der Waals surface area contributed by atoms with E-state index in [4.69, 9.17) is 18.9 Å². The van der Waals surface area contributed by atoms with Crippen molar-refractivity contribution in [2.75, 3.05) is 21.0 Å². The van der Waals surface area contributed by atoms with Gasteiger partial charge in [0.1, 0.15) is 5.76 Å². The summed E-state index contributed by atoms with van der Waals surface area (Å²) in [6, 6.07) is 3.78. The molecule has 0 amide bonds. The fourth-order valence-electron chi connectivity index (χ4n) is 3.39. The maximum Gasteiger partial charge on any atom is 0.231 e. The zero-order valence-electron chi connectivity index (χ0n) is 14.7. The van der Waals surface area contributed by atoms with E-state index in [2.05, 4.69) is 11.3 Å². The topological polar surface area (TPSA) is 70.0 Å². The molecule has 0 spiro atoms. The number of aromatic nitrogens is 1. The minimum absolute atomic E-state index is 0.112. The van der Waals surface area contributed by atoms with Crippen LogP contribution in [0.4, 0.5) is 0 Å². The van der Waals surface area contributed by atoms with Crippen LogP contribution in [0.15, 0.2) is 35.1 Å². The summed E-state index contributed by atoms with van der Waals surface area (Å²) in [6.45, 7) is 2.24. The molecule has 136 valence electrons. The van der Waals surface area contributed by atoms with Gasteiger partial charge < -0.3 is 24.1 Å². The molecule has 2 aromatic rings. The van der Waals surface area contributed by atoms with Gasteiger partial charge in [-0.25, -0.2) is 0 Å². The van der Waals surface area contributed by atoms with Crippen molar-refractivity contribution in [1.82, 2.24) is 4.37 Å². The van der Waals surface area contributed by atoms with Crippen LogP contribution in [0.1, 0.15) is 18.9 Å². The Bertz CT molecular complexity index is 915. The highest BCUT2D eigenvalue weighted by atomic mass is 32.1. The summed E-state index contributed by atoms with van der Waals surface area (Å²) in [5, 5.41) is 12.5. The molecule has 1 aromatic heterocycles. The molecule has 4 rings (SSSR count). The van der Waals surface area contributed by atoms with Crippen molar-refractivity contribution < 1.29 is 24.1 Å². The number of rotatable bonds is 4. The third-order valence-corrected chi connectivity index (χ3v) is 5.26. The predicted molar refractivity (Wildman–Crippen MR) is 98.6 cm³/mol. The molecule has 1 aliphatic carbocycles. The van der Waals surface area contributed by atoms with Crippen LogP contribution in [0, 0.1) is 5.92 Å². The Hall–Kier alpha value is -2.67. The molecule has 0 saturated heterocycles. The molecule has 26 heavy (non-hydrogen) atoms. The van der Waals surface area contributed by atoms with Crippen molar-refractivity contribution in [2.45, 2.75) is 13.3 Å². The van der Waals surface area contributed by atoms with Crippen molar-refractivity contribution in [3.8, 4) is 28.5 Å². The van der Waals surface area contributed by atoms with E-state index in [0.717, 1.165) is 34.6 Å². The van der Waals surface area contributed by atoms with Crippen LogP contribution in [0.2, 0.25) is 0 Å². The fraction of sp³-hybridized carbons (Fsp3) is 0.316. The quantitative estimate of drug-likeness (QED) is 0.857. The molecule has 2 heterocycles. The number of benzene rings is 1. The second kappa shape index (κ2) is 6.57. The van der Waals surface area contributed by atoms with Gasteiger partial charge in [-0.15, -0.1) is 0 Å². The molecule has 0 fully saturated rings. The smallest absolute Gasteiger partial charge is 0.231 e. The Morgan fingerprint density at radius 3 is 2.81 bits per heavy atom. The zero-order valence-corrected chi connectivity index (χ0v) is 15.6. The summed E-state index contributed by atoms with van der Waals surface area (Å²) in [5.74, 6) is 2.94. The molecule has 1 unspecified atom stereocenters. The van der Waals surface area contributed by atoms with Gasteiger partial charge in [0, 0.05) is 34.6 Å². The van der Waals surface area contributed by atoms with Crippen LogP contribution < -0.4 is 14.2 Å².